The van der Waals surface area contributed by atoms with Crippen LogP contribution in [0.15, 0.2) is 63.2 Å². The molecule has 0 unspecified atom stereocenters. The second-order valence-corrected chi connectivity index (χ2v) is 24.2. The van der Waals surface area contributed by atoms with Crippen LogP contribution in [-0.4, -0.2) is 55.5 Å². The van der Waals surface area contributed by atoms with Crippen molar-refractivity contribution in [3.8, 4) is 0 Å². The van der Waals surface area contributed by atoms with E-state index in [-0.39, 0.29) is 21.7 Å². The van der Waals surface area contributed by atoms with Crippen LogP contribution in [0.2, 0.25) is 0 Å². The highest BCUT2D eigenvalue weighted by Gasteiger charge is 2.26. The number of benzene rings is 4. The number of nitrogens with one attached hydrogen (secondary N) is 5. The van der Waals surface area contributed by atoms with Gasteiger partial charge in [-0.15, -0.1) is 35.3 Å². The topological polar surface area (TPSA) is 250 Å². The molecule has 13 nitrogen and oxygen atoms in total. The number of anilines is 8. The molecular weight excluding hydrogens is 895 g/mol. The molecule has 67 heavy (non-hydrogen) atoms. The number of urea groups is 2. The van der Waals surface area contributed by atoms with Gasteiger partial charge in [0.15, 0.2) is 0 Å². The fraction of sp³-hybridized carbons (Fsp3) is 0.490. The summed E-state index contributed by atoms with van der Waals surface area (Å²) in [6.45, 7) is 27.3. The third kappa shape index (κ3) is 15.4. The number of thioether (sulfide) groups is 3. The Morgan fingerprint density at radius 1 is 0.433 bits per heavy atom. The fourth-order valence-corrected chi connectivity index (χ4v) is 9.64. The molecule has 368 valence electrons. The molecule has 0 saturated carbocycles. The summed E-state index contributed by atoms with van der Waals surface area (Å²) in [7, 11) is 0. The lowest BCUT2D eigenvalue weighted by Crippen LogP contribution is -2.25. The Morgan fingerprint density at radius 3 is 1.13 bits per heavy atom. The van der Waals surface area contributed by atoms with Crippen molar-refractivity contribution in [2.75, 3.05) is 81.5 Å². The van der Waals surface area contributed by atoms with Gasteiger partial charge in [0.1, 0.15) is 0 Å². The fourth-order valence-electron chi connectivity index (χ4n) is 7.12. The molecule has 0 aromatic heterocycles. The van der Waals surface area contributed by atoms with E-state index in [1.165, 1.54) is 11.8 Å². The summed E-state index contributed by atoms with van der Waals surface area (Å²) in [6.07, 6.45) is 1.32. The quantitative estimate of drug-likeness (QED) is 0.0329. The molecule has 16 heteroatoms. The van der Waals surface area contributed by atoms with Gasteiger partial charge in [0, 0.05) is 54.0 Å². The highest BCUT2D eigenvalue weighted by atomic mass is 32.2. The predicted molar refractivity (Wildman–Crippen MR) is 295 cm³/mol. The van der Waals surface area contributed by atoms with Crippen LogP contribution in [0.25, 0.3) is 0 Å². The lowest BCUT2D eigenvalue weighted by atomic mass is 9.85. The second kappa shape index (κ2) is 23.3. The first-order chi connectivity index (χ1) is 31.2. The third-order valence-electron chi connectivity index (χ3n) is 11.0. The normalized spacial score (nSPS) is 12.2. The first-order valence-corrected chi connectivity index (χ1v) is 26.0. The Balaban J connectivity index is 1.84. The van der Waals surface area contributed by atoms with Crippen molar-refractivity contribution in [1.82, 2.24) is 0 Å². The maximum absolute atomic E-state index is 14.6. The maximum Gasteiger partial charge on any atom is 0.323 e. The zero-order valence-corrected chi connectivity index (χ0v) is 44.4. The molecule has 0 radical (unpaired) electrons. The van der Waals surface area contributed by atoms with E-state index in [2.05, 4.69) is 122 Å². The van der Waals surface area contributed by atoms with Crippen molar-refractivity contribution in [2.45, 2.75) is 132 Å². The van der Waals surface area contributed by atoms with E-state index in [4.69, 9.17) is 34.4 Å². The Kier molecular flexibility index (Phi) is 19.3. The van der Waals surface area contributed by atoms with Crippen LogP contribution in [0.1, 0.15) is 117 Å². The maximum atomic E-state index is 14.6. The van der Waals surface area contributed by atoms with E-state index < -0.39 is 12.1 Å². The van der Waals surface area contributed by atoms with Gasteiger partial charge >= 0.3 is 12.1 Å². The number of nitrogens with two attached hydrogens (primary N) is 6. The van der Waals surface area contributed by atoms with Gasteiger partial charge in [0.25, 0.3) is 0 Å². The predicted octanol–water partition coefficient (Wildman–Crippen LogP) is 11.1. The first kappa shape index (κ1) is 55.3. The molecule has 0 bridgehead atoms. The highest BCUT2D eigenvalue weighted by Crippen LogP contribution is 2.45. The summed E-state index contributed by atoms with van der Waals surface area (Å²) in [4.78, 5) is 31.1. The van der Waals surface area contributed by atoms with Gasteiger partial charge in [0.05, 0.1) is 43.1 Å². The molecule has 0 aliphatic carbocycles. The number of nitrogen functional groups attached to an aromatic ring is 2. The zero-order valence-electron chi connectivity index (χ0n) is 42.0. The van der Waals surface area contributed by atoms with Crippen LogP contribution < -0.4 is 61.0 Å². The summed E-state index contributed by atoms with van der Waals surface area (Å²) < 4.78 is 0. The largest absolute Gasteiger partial charge is 0.398 e. The van der Waals surface area contributed by atoms with E-state index in [0.717, 1.165) is 49.0 Å². The molecule has 4 amide bonds. The minimum atomic E-state index is -0.458. The molecule has 4 rings (SSSR count). The number of hydrogen-bond acceptors (Lipinski definition) is 12. The Bertz CT molecular complexity index is 2360. The van der Waals surface area contributed by atoms with Gasteiger partial charge in [-0.2, -0.15) is 0 Å². The second-order valence-electron chi connectivity index (χ2n) is 20.9. The molecule has 17 N–H and O–H groups in total. The SMILES string of the molecule is CC(C)(C)c1cc(N)c(CCCN)c(NC(=O)Nc2cc(C(C)(C)C)cc(NC(=O)Nc3cc(C(C)(C)C)cc(Nc4cc(C(C)(C)C)cc(N)c4SCCN)c3SCCN)c2SCCN)c1. The van der Waals surface area contributed by atoms with Crippen LogP contribution in [0.5, 0.6) is 0 Å². The van der Waals surface area contributed by atoms with Gasteiger partial charge in [-0.05, 0) is 117 Å². The molecule has 0 atom stereocenters. The Morgan fingerprint density at radius 2 is 0.746 bits per heavy atom. The monoisotopic (exact) mass is 974 g/mol. The molecule has 0 heterocycles. The number of amides is 4. The van der Waals surface area contributed by atoms with Gasteiger partial charge < -0.3 is 61.0 Å². The van der Waals surface area contributed by atoms with Crippen LogP contribution in [0.3, 0.4) is 0 Å². The zero-order chi connectivity index (χ0) is 50.1. The van der Waals surface area contributed by atoms with E-state index in [0.29, 0.717) is 95.3 Å². The Labute approximate surface area is 413 Å². The van der Waals surface area contributed by atoms with Crippen molar-refractivity contribution in [2.24, 2.45) is 22.9 Å². The minimum Gasteiger partial charge on any atom is -0.398 e. The lowest BCUT2D eigenvalue weighted by Gasteiger charge is -2.27. The first-order valence-electron chi connectivity index (χ1n) is 23.1. The molecule has 4 aromatic carbocycles. The summed E-state index contributed by atoms with van der Waals surface area (Å²) in [6, 6.07) is 15.4. The molecule has 0 aliphatic rings. The molecule has 0 aliphatic heterocycles. The third-order valence-corrected chi connectivity index (χ3v) is 14.6. The average Bonchev–Trinajstić information content (AvgIpc) is 3.20. The van der Waals surface area contributed by atoms with Crippen LogP contribution in [0.4, 0.5) is 55.1 Å². The van der Waals surface area contributed by atoms with E-state index in [1.54, 1.807) is 23.5 Å². The van der Waals surface area contributed by atoms with Crippen molar-refractivity contribution in [1.29, 1.82) is 0 Å². The molecular formula is C51H79N11O2S3. The highest BCUT2D eigenvalue weighted by molar-refractivity contribution is 8.00. The summed E-state index contributed by atoms with van der Waals surface area (Å²) in [5.41, 5.74) is 46.5. The summed E-state index contributed by atoms with van der Waals surface area (Å²) >= 11 is 4.63. The molecule has 0 saturated heterocycles. The molecule has 0 fully saturated rings. The van der Waals surface area contributed by atoms with Crippen molar-refractivity contribution < 1.29 is 9.59 Å². The number of carbonyl (C=O) groups is 2. The van der Waals surface area contributed by atoms with Gasteiger partial charge in [-0.1, -0.05) is 83.1 Å². The molecule has 4 aromatic rings. The lowest BCUT2D eigenvalue weighted by molar-refractivity contribution is 0.261. The van der Waals surface area contributed by atoms with Crippen LogP contribution in [0, 0.1) is 0 Å². The minimum absolute atomic E-state index is 0.165. The smallest absolute Gasteiger partial charge is 0.323 e. The average molecular weight is 974 g/mol. The van der Waals surface area contributed by atoms with Gasteiger partial charge in [-0.25, -0.2) is 9.59 Å². The van der Waals surface area contributed by atoms with Crippen LogP contribution in [-0.2, 0) is 28.1 Å². The number of hydrogen-bond donors (Lipinski definition) is 11. The van der Waals surface area contributed by atoms with E-state index in [9.17, 15) is 9.59 Å². The van der Waals surface area contributed by atoms with Gasteiger partial charge in [0.2, 0.25) is 0 Å². The molecule has 0 spiro atoms. The number of rotatable bonds is 18. The van der Waals surface area contributed by atoms with Gasteiger partial charge in [-0.3, -0.25) is 0 Å². The number of carbonyl (C=O) groups excluding carboxylic acids is 2. The van der Waals surface area contributed by atoms with E-state index in [1.807, 2.05) is 36.4 Å². The summed E-state index contributed by atoms with van der Waals surface area (Å²) in [5.74, 6) is 1.83. The van der Waals surface area contributed by atoms with Crippen molar-refractivity contribution >= 4 is 92.8 Å². The van der Waals surface area contributed by atoms with Crippen LogP contribution >= 0.6 is 35.3 Å². The Hall–Kier alpha value is -4.29. The van der Waals surface area contributed by atoms with Crippen molar-refractivity contribution in [3.05, 3.63) is 76.3 Å². The summed E-state index contributed by atoms with van der Waals surface area (Å²) in [5, 5.41) is 16.4. The standard InChI is InChI=1S/C51H79N11O2S3/c1-48(2,3)30-22-35(56)34(14-13-15-52)37(24-30)59-46(63)60-41-28-33(51(10,11)12)29-42(45(41)67-21-18-55)62-47(64)61-40-27-32(50(7,8)9)26-39(44(40)66-20-17-54)58-38-25-31(49(4,5)6)23-36(57)43(38)65-19-16-53/h22-29,58H,13-21,52-57H2,1-12H3,(H2,59,60,63)(H2,61,62,64). The van der Waals surface area contributed by atoms with Crippen molar-refractivity contribution in [3.63, 3.8) is 0 Å². The van der Waals surface area contributed by atoms with E-state index >= 15 is 0 Å².